The Bertz CT molecular complexity index is 536. The van der Waals surface area contributed by atoms with Gasteiger partial charge < -0.3 is 14.2 Å². The van der Waals surface area contributed by atoms with Crippen molar-refractivity contribution in [3.8, 4) is 5.75 Å². The van der Waals surface area contributed by atoms with E-state index in [9.17, 15) is 0 Å². The second kappa shape index (κ2) is 7.37. The number of aromatic nitrogens is 2. The molecule has 102 valence electrons. The van der Waals surface area contributed by atoms with Gasteiger partial charge in [-0.1, -0.05) is 0 Å². The van der Waals surface area contributed by atoms with E-state index in [2.05, 4.69) is 25.9 Å². The second-order valence-corrected chi connectivity index (χ2v) is 4.70. The molecule has 2 rings (SSSR count). The van der Waals surface area contributed by atoms with Gasteiger partial charge in [-0.2, -0.15) is 0 Å². The first-order valence-corrected chi connectivity index (χ1v) is 6.70. The summed E-state index contributed by atoms with van der Waals surface area (Å²) in [5, 5.41) is 0. The fraction of sp³-hybridized carbons (Fsp3) is 0.385. The van der Waals surface area contributed by atoms with Crippen molar-refractivity contribution in [1.29, 1.82) is 0 Å². The summed E-state index contributed by atoms with van der Waals surface area (Å²) in [4.78, 5) is 8.57. The molecule has 5 nitrogen and oxygen atoms in total. The van der Waals surface area contributed by atoms with E-state index in [0.717, 1.165) is 15.5 Å². The van der Waals surface area contributed by atoms with Crippen LogP contribution in [0.4, 0.5) is 0 Å². The Hall–Kier alpha value is -1.24. The normalized spacial score (nSPS) is 10.8. The summed E-state index contributed by atoms with van der Waals surface area (Å²) in [7, 11) is 1.65. The van der Waals surface area contributed by atoms with E-state index < -0.39 is 0 Å². The Morgan fingerprint density at radius 1 is 1.16 bits per heavy atom. The van der Waals surface area contributed by atoms with Crippen LogP contribution in [-0.4, -0.2) is 43.5 Å². The summed E-state index contributed by atoms with van der Waals surface area (Å²) in [6, 6.07) is 3.71. The van der Waals surface area contributed by atoms with Crippen molar-refractivity contribution in [2.75, 3.05) is 33.5 Å². The van der Waals surface area contributed by atoms with Crippen molar-refractivity contribution < 1.29 is 14.2 Å². The zero-order chi connectivity index (χ0) is 13.5. The van der Waals surface area contributed by atoms with Crippen LogP contribution in [0.3, 0.4) is 0 Å². The van der Waals surface area contributed by atoms with Crippen LogP contribution in [0.1, 0.15) is 0 Å². The average Bonchev–Trinajstić information content (AvgIpc) is 2.42. The van der Waals surface area contributed by atoms with Gasteiger partial charge in [0.25, 0.3) is 0 Å². The van der Waals surface area contributed by atoms with Crippen LogP contribution in [0.15, 0.2) is 29.0 Å². The fourth-order valence-electron chi connectivity index (χ4n) is 1.55. The zero-order valence-electron chi connectivity index (χ0n) is 10.6. The third-order valence-corrected chi connectivity index (χ3v) is 2.86. The largest absolute Gasteiger partial charge is 0.489 e. The van der Waals surface area contributed by atoms with Gasteiger partial charge in [0.1, 0.15) is 17.9 Å². The van der Waals surface area contributed by atoms with Gasteiger partial charge in [-0.15, -0.1) is 0 Å². The van der Waals surface area contributed by atoms with Crippen molar-refractivity contribution in [1.82, 2.24) is 9.97 Å². The molecule has 0 aromatic carbocycles. The molecule has 2 aromatic heterocycles. The Morgan fingerprint density at radius 2 is 2.00 bits per heavy atom. The molecule has 0 aliphatic rings. The summed E-state index contributed by atoms with van der Waals surface area (Å²) in [5.41, 5.74) is 1.55. The molecule has 2 heterocycles. The zero-order valence-corrected chi connectivity index (χ0v) is 12.2. The fourth-order valence-corrected chi connectivity index (χ4v) is 1.87. The molecule has 2 aromatic rings. The Labute approximate surface area is 120 Å². The van der Waals surface area contributed by atoms with Crippen LogP contribution >= 0.6 is 15.9 Å². The third-order valence-electron chi connectivity index (χ3n) is 2.42. The molecule has 19 heavy (non-hydrogen) atoms. The number of pyridine rings is 2. The first kappa shape index (κ1) is 14.2. The highest BCUT2D eigenvalue weighted by Crippen LogP contribution is 2.23. The number of nitrogens with zero attached hydrogens (tertiary/aromatic N) is 2. The van der Waals surface area contributed by atoms with Crippen LogP contribution in [0, 0.1) is 0 Å². The number of rotatable bonds is 7. The molecule has 0 atom stereocenters. The summed E-state index contributed by atoms with van der Waals surface area (Å²) in [5.74, 6) is 0.716. The summed E-state index contributed by atoms with van der Waals surface area (Å²) >= 11 is 3.37. The van der Waals surface area contributed by atoms with Gasteiger partial charge in [0.05, 0.1) is 25.3 Å². The quantitative estimate of drug-likeness (QED) is 0.731. The SMILES string of the molecule is COCCOCCOc1ccnc2cc(Br)cnc12. The van der Waals surface area contributed by atoms with Crippen LogP contribution in [0.2, 0.25) is 0 Å². The number of hydrogen-bond acceptors (Lipinski definition) is 5. The highest BCUT2D eigenvalue weighted by molar-refractivity contribution is 9.10. The van der Waals surface area contributed by atoms with Gasteiger partial charge in [-0.05, 0) is 22.0 Å². The van der Waals surface area contributed by atoms with Crippen LogP contribution in [0.5, 0.6) is 5.75 Å². The maximum absolute atomic E-state index is 5.66. The molecule has 0 fully saturated rings. The Balaban J connectivity index is 1.93. The Morgan fingerprint density at radius 3 is 2.84 bits per heavy atom. The summed E-state index contributed by atoms with van der Waals surface area (Å²) < 4.78 is 16.8. The second-order valence-electron chi connectivity index (χ2n) is 3.78. The lowest BCUT2D eigenvalue weighted by Crippen LogP contribution is -2.10. The van der Waals surface area contributed by atoms with Crippen LogP contribution in [0.25, 0.3) is 11.0 Å². The standard InChI is InChI=1S/C13H15BrN2O3/c1-17-4-5-18-6-7-19-12-2-3-15-11-8-10(14)9-16-13(11)12/h2-3,8-9H,4-7H2,1H3. The highest BCUT2D eigenvalue weighted by Gasteiger charge is 2.04. The maximum atomic E-state index is 5.66. The van der Waals surface area contributed by atoms with Crippen LogP contribution in [-0.2, 0) is 9.47 Å². The lowest BCUT2D eigenvalue weighted by Gasteiger charge is -2.08. The minimum Gasteiger partial charge on any atom is -0.489 e. The first-order chi connectivity index (χ1) is 9.31. The van der Waals surface area contributed by atoms with Gasteiger partial charge in [0.2, 0.25) is 0 Å². The van der Waals surface area contributed by atoms with Crippen molar-refractivity contribution in [3.63, 3.8) is 0 Å². The van der Waals surface area contributed by atoms with Crippen molar-refractivity contribution in [3.05, 3.63) is 29.0 Å². The number of fused-ring (bicyclic) bond motifs is 1. The van der Waals surface area contributed by atoms with Gasteiger partial charge in [-0.3, -0.25) is 4.98 Å². The molecule has 0 saturated carbocycles. The minimum atomic E-state index is 0.473. The number of halogens is 1. The lowest BCUT2D eigenvalue weighted by molar-refractivity contribution is 0.0546. The summed E-state index contributed by atoms with van der Waals surface area (Å²) in [6.07, 6.45) is 3.43. The number of ether oxygens (including phenoxy) is 3. The number of methoxy groups -OCH3 is 1. The topological polar surface area (TPSA) is 53.5 Å². The summed E-state index contributed by atoms with van der Waals surface area (Å²) in [6.45, 7) is 2.15. The van der Waals surface area contributed by atoms with Crippen molar-refractivity contribution in [2.24, 2.45) is 0 Å². The molecule has 6 heteroatoms. The highest BCUT2D eigenvalue weighted by atomic mass is 79.9. The predicted octanol–water partition coefficient (Wildman–Crippen LogP) is 2.43. The molecular formula is C13H15BrN2O3. The molecule has 0 spiro atoms. The van der Waals surface area contributed by atoms with E-state index in [1.54, 1.807) is 25.6 Å². The molecule has 0 N–H and O–H groups in total. The van der Waals surface area contributed by atoms with Crippen molar-refractivity contribution >= 4 is 27.0 Å². The van der Waals surface area contributed by atoms with Crippen molar-refractivity contribution in [2.45, 2.75) is 0 Å². The van der Waals surface area contributed by atoms with E-state index in [0.29, 0.717) is 32.2 Å². The third kappa shape index (κ3) is 4.12. The molecule has 0 bridgehead atoms. The average molecular weight is 327 g/mol. The van der Waals surface area contributed by atoms with E-state index in [1.807, 2.05) is 6.07 Å². The molecule has 0 radical (unpaired) electrons. The molecular weight excluding hydrogens is 312 g/mol. The van der Waals surface area contributed by atoms with E-state index in [1.165, 1.54) is 0 Å². The Kier molecular flexibility index (Phi) is 5.50. The first-order valence-electron chi connectivity index (χ1n) is 5.91. The van der Waals surface area contributed by atoms with E-state index in [4.69, 9.17) is 14.2 Å². The van der Waals surface area contributed by atoms with Gasteiger partial charge >= 0.3 is 0 Å². The predicted molar refractivity (Wildman–Crippen MR) is 75.4 cm³/mol. The molecule has 0 amide bonds. The van der Waals surface area contributed by atoms with Gasteiger partial charge in [0.15, 0.2) is 0 Å². The smallest absolute Gasteiger partial charge is 0.148 e. The van der Waals surface area contributed by atoms with Crippen LogP contribution < -0.4 is 4.74 Å². The maximum Gasteiger partial charge on any atom is 0.148 e. The minimum absolute atomic E-state index is 0.473. The number of hydrogen-bond donors (Lipinski definition) is 0. The molecule has 0 aliphatic carbocycles. The molecule has 0 unspecified atom stereocenters. The van der Waals surface area contributed by atoms with Gasteiger partial charge in [-0.25, -0.2) is 4.98 Å². The van der Waals surface area contributed by atoms with E-state index in [-0.39, 0.29) is 0 Å². The monoisotopic (exact) mass is 326 g/mol. The molecule has 0 aliphatic heterocycles. The molecule has 0 saturated heterocycles. The van der Waals surface area contributed by atoms with Gasteiger partial charge in [0, 0.05) is 30.0 Å². The van der Waals surface area contributed by atoms with E-state index >= 15 is 0 Å². The lowest BCUT2D eigenvalue weighted by atomic mass is 10.3.